The van der Waals surface area contributed by atoms with Gasteiger partial charge < -0.3 is 9.67 Å². The highest BCUT2D eigenvalue weighted by molar-refractivity contribution is 5.77. The molecule has 0 saturated heterocycles. The Kier molecular flexibility index (Phi) is 3.75. The van der Waals surface area contributed by atoms with Crippen LogP contribution in [0.1, 0.15) is 29.8 Å². The quantitative estimate of drug-likeness (QED) is 0.934. The average Bonchev–Trinajstić information content (AvgIpc) is 2.93. The zero-order chi connectivity index (χ0) is 14.8. The Bertz CT molecular complexity index is 650. The summed E-state index contributed by atoms with van der Waals surface area (Å²) in [6.07, 6.45) is 3.76. The number of benzene rings is 1. The fraction of sp³-hybridized carbons (Fsp3) is 0.375. The van der Waals surface area contributed by atoms with E-state index >= 15 is 0 Å². The topological polar surface area (TPSA) is 58.4 Å². The predicted octanol–water partition coefficient (Wildman–Crippen LogP) is 2.09. The number of rotatable bonds is 4. The molecule has 1 atom stereocenters. The SMILES string of the molecule is CCn1ccnc1CN1Cc2ccccc2C(C(=O)O)C1. The van der Waals surface area contributed by atoms with Crippen molar-refractivity contribution in [3.05, 3.63) is 53.6 Å². The van der Waals surface area contributed by atoms with Gasteiger partial charge in [-0.1, -0.05) is 24.3 Å². The molecule has 0 radical (unpaired) electrons. The van der Waals surface area contributed by atoms with Crippen LogP contribution in [0.5, 0.6) is 0 Å². The minimum atomic E-state index is -0.758. The highest BCUT2D eigenvalue weighted by Gasteiger charge is 2.30. The van der Waals surface area contributed by atoms with E-state index in [0.717, 1.165) is 30.0 Å². The maximum Gasteiger partial charge on any atom is 0.312 e. The summed E-state index contributed by atoms with van der Waals surface area (Å²) in [4.78, 5) is 18.1. The summed E-state index contributed by atoms with van der Waals surface area (Å²) in [5.74, 6) is -0.230. The number of imidazole rings is 1. The maximum absolute atomic E-state index is 11.5. The summed E-state index contributed by atoms with van der Waals surface area (Å²) in [7, 11) is 0. The lowest BCUT2D eigenvalue weighted by Gasteiger charge is -2.32. The van der Waals surface area contributed by atoms with E-state index in [9.17, 15) is 9.90 Å². The van der Waals surface area contributed by atoms with E-state index in [-0.39, 0.29) is 0 Å². The normalized spacial score (nSPS) is 18.4. The zero-order valence-electron chi connectivity index (χ0n) is 12.1. The van der Waals surface area contributed by atoms with E-state index in [1.807, 2.05) is 30.5 Å². The minimum Gasteiger partial charge on any atom is -0.481 e. The fourth-order valence-electron chi connectivity index (χ4n) is 2.99. The molecule has 5 nitrogen and oxygen atoms in total. The Hall–Kier alpha value is -2.14. The molecule has 2 aromatic rings. The van der Waals surface area contributed by atoms with Gasteiger partial charge in [0.25, 0.3) is 0 Å². The van der Waals surface area contributed by atoms with Crippen LogP contribution in [0, 0.1) is 0 Å². The van der Waals surface area contributed by atoms with Crippen LogP contribution in [0.4, 0.5) is 0 Å². The van der Waals surface area contributed by atoms with Crippen molar-refractivity contribution < 1.29 is 9.90 Å². The summed E-state index contributed by atoms with van der Waals surface area (Å²) in [5, 5.41) is 9.48. The van der Waals surface area contributed by atoms with Crippen molar-refractivity contribution in [2.24, 2.45) is 0 Å². The summed E-state index contributed by atoms with van der Waals surface area (Å²) in [6.45, 7) is 4.94. The number of carbonyl (C=O) groups is 1. The summed E-state index contributed by atoms with van der Waals surface area (Å²) >= 11 is 0. The first kappa shape index (κ1) is 13.8. The zero-order valence-corrected chi connectivity index (χ0v) is 12.1. The Morgan fingerprint density at radius 2 is 2.24 bits per heavy atom. The Morgan fingerprint density at radius 3 is 3.00 bits per heavy atom. The molecule has 1 aliphatic rings. The fourth-order valence-corrected chi connectivity index (χ4v) is 2.99. The lowest BCUT2D eigenvalue weighted by atomic mass is 9.90. The highest BCUT2D eigenvalue weighted by Crippen LogP contribution is 2.29. The second kappa shape index (κ2) is 5.69. The van der Waals surface area contributed by atoms with E-state index in [0.29, 0.717) is 13.1 Å². The van der Waals surface area contributed by atoms with E-state index in [1.165, 1.54) is 0 Å². The molecule has 0 spiro atoms. The third kappa shape index (κ3) is 2.69. The second-order valence-corrected chi connectivity index (χ2v) is 5.39. The lowest BCUT2D eigenvalue weighted by Crippen LogP contribution is -2.37. The standard InChI is InChI=1S/C16H19N3O2/c1-2-19-8-7-17-15(19)11-18-9-12-5-3-4-6-13(12)14(10-18)16(20)21/h3-8,14H,2,9-11H2,1H3,(H,20,21). The van der Waals surface area contributed by atoms with E-state index < -0.39 is 11.9 Å². The number of aryl methyl sites for hydroxylation is 1. The molecule has 0 amide bonds. The Labute approximate surface area is 123 Å². The van der Waals surface area contributed by atoms with Crippen LogP contribution in [-0.4, -0.2) is 32.1 Å². The number of hydrogen-bond donors (Lipinski definition) is 1. The van der Waals surface area contributed by atoms with Gasteiger partial charge in [0.15, 0.2) is 0 Å². The van der Waals surface area contributed by atoms with Crippen molar-refractivity contribution in [3.63, 3.8) is 0 Å². The number of carboxylic acid groups (broad SMARTS) is 1. The van der Waals surface area contributed by atoms with Crippen LogP contribution in [0.2, 0.25) is 0 Å². The molecule has 0 saturated carbocycles. The van der Waals surface area contributed by atoms with Gasteiger partial charge in [0.05, 0.1) is 12.5 Å². The Morgan fingerprint density at radius 1 is 1.43 bits per heavy atom. The third-order valence-electron chi connectivity index (χ3n) is 4.07. The molecule has 2 heterocycles. The molecule has 110 valence electrons. The molecular weight excluding hydrogens is 266 g/mol. The van der Waals surface area contributed by atoms with Crippen LogP contribution in [0.15, 0.2) is 36.7 Å². The first-order valence-corrected chi connectivity index (χ1v) is 7.22. The van der Waals surface area contributed by atoms with Crippen LogP contribution < -0.4 is 0 Å². The molecule has 1 unspecified atom stereocenters. The van der Waals surface area contributed by atoms with E-state index in [4.69, 9.17) is 0 Å². The molecule has 1 aromatic carbocycles. The van der Waals surface area contributed by atoms with Crippen molar-refractivity contribution in [1.82, 2.24) is 14.5 Å². The highest BCUT2D eigenvalue weighted by atomic mass is 16.4. The number of aliphatic carboxylic acids is 1. The van der Waals surface area contributed by atoms with E-state index in [2.05, 4.69) is 21.4 Å². The monoisotopic (exact) mass is 285 g/mol. The number of aromatic nitrogens is 2. The largest absolute Gasteiger partial charge is 0.481 e. The van der Waals surface area contributed by atoms with Gasteiger partial charge in [-0.25, -0.2) is 4.98 Å². The molecule has 5 heteroatoms. The lowest BCUT2D eigenvalue weighted by molar-refractivity contribution is -0.139. The predicted molar refractivity (Wildman–Crippen MR) is 78.8 cm³/mol. The summed E-state index contributed by atoms with van der Waals surface area (Å²) < 4.78 is 2.09. The molecular formula is C16H19N3O2. The van der Waals surface area contributed by atoms with Gasteiger partial charge in [0, 0.05) is 32.0 Å². The smallest absolute Gasteiger partial charge is 0.312 e. The van der Waals surface area contributed by atoms with Gasteiger partial charge in [-0.3, -0.25) is 9.69 Å². The molecule has 0 aliphatic carbocycles. The van der Waals surface area contributed by atoms with Gasteiger partial charge in [0.2, 0.25) is 0 Å². The van der Waals surface area contributed by atoms with Gasteiger partial charge in [-0.15, -0.1) is 0 Å². The van der Waals surface area contributed by atoms with Crippen molar-refractivity contribution in [1.29, 1.82) is 0 Å². The maximum atomic E-state index is 11.5. The number of fused-ring (bicyclic) bond motifs is 1. The molecule has 3 rings (SSSR count). The van der Waals surface area contributed by atoms with Crippen molar-refractivity contribution in [3.8, 4) is 0 Å². The first-order valence-electron chi connectivity index (χ1n) is 7.22. The molecule has 1 aliphatic heterocycles. The van der Waals surface area contributed by atoms with Crippen LogP contribution in [-0.2, 0) is 24.4 Å². The minimum absolute atomic E-state index is 0.458. The number of carboxylic acids is 1. The van der Waals surface area contributed by atoms with Gasteiger partial charge >= 0.3 is 5.97 Å². The second-order valence-electron chi connectivity index (χ2n) is 5.39. The molecule has 1 aromatic heterocycles. The Balaban J connectivity index is 1.85. The van der Waals surface area contributed by atoms with Crippen molar-refractivity contribution in [2.45, 2.75) is 32.5 Å². The van der Waals surface area contributed by atoms with Crippen LogP contribution in [0.25, 0.3) is 0 Å². The molecule has 21 heavy (non-hydrogen) atoms. The summed E-state index contributed by atoms with van der Waals surface area (Å²) in [6, 6.07) is 7.82. The van der Waals surface area contributed by atoms with Crippen molar-refractivity contribution in [2.75, 3.05) is 6.54 Å². The average molecular weight is 285 g/mol. The van der Waals surface area contributed by atoms with E-state index in [1.54, 1.807) is 6.20 Å². The summed E-state index contributed by atoms with van der Waals surface area (Å²) in [5.41, 5.74) is 2.05. The molecule has 1 N–H and O–H groups in total. The van der Waals surface area contributed by atoms with Gasteiger partial charge in [0.1, 0.15) is 5.82 Å². The number of hydrogen-bond acceptors (Lipinski definition) is 3. The molecule has 0 bridgehead atoms. The number of nitrogens with zero attached hydrogens (tertiary/aromatic N) is 3. The van der Waals surface area contributed by atoms with Gasteiger partial charge in [-0.2, -0.15) is 0 Å². The van der Waals surface area contributed by atoms with Gasteiger partial charge in [-0.05, 0) is 18.1 Å². The van der Waals surface area contributed by atoms with Crippen LogP contribution >= 0.6 is 0 Å². The van der Waals surface area contributed by atoms with Crippen molar-refractivity contribution >= 4 is 5.97 Å². The molecule has 0 fully saturated rings. The third-order valence-corrected chi connectivity index (χ3v) is 4.07. The van der Waals surface area contributed by atoms with Crippen LogP contribution in [0.3, 0.4) is 0 Å². The first-order chi connectivity index (χ1) is 10.2.